The summed E-state index contributed by atoms with van der Waals surface area (Å²) >= 11 is 7.14. The number of halogens is 2. The lowest BCUT2D eigenvalue weighted by molar-refractivity contribution is -0.119. The molecule has 0 saturated heterocycles. The average Bonchev–Trinajstić information content (AvgIpc) is 3.04. The van der Waals surface area contributed by atoms with Crippen LogP contribution in [0.2, 0.25) is 5.02 Å². The van der Waals surface area contributed by atoms with Gasteiger partial charge in [-0.25, -0.2) is 4.39 Å². The molecule has 132 valence electrons. The standard InChI is InChI=1S/C20H21ClFNOS/c1-13(15-6-5-14-3-2-4-16(14)9-15)23-20(24)12-25-11-17-7-8-18(21)10-19(17)22/h5-10,13H,2-4,11-12H2,1H3,(H,23,24). The first-order valence-electron chi connectivity index (χ1n) is 8.45. The average molecular weight is 378 g/mol. The lowest BCUT2D eigenvalue weighted by Gasteiger charge is -2.15. The van der Waals surface area contributed by atoms with Crippen LogP contribution in [0, 0.1) is 5.82 Å². The predicted octanol–water partition coefficient (Wildman–Crippen LogP) is 5.08. The third kappa shape index (κ3) is 4.77. The third-order valence-corrected chi connectivity index (χ3v) is 5.72. The Kier molecular flexibility index (Phi) is 6.02. The van der Waals surface area contributed by atoms with E-state index in [4.69, 9.17) is 11.6 Å². The Morgan fingerprint density at radius 2 is 2.04 bits per heavy atom. The highest BCUT2D eigenvalue weighted by atomic mass is 35.5. The van der Waals surface area contributed by atoms with Gasteiger partial charge in [-0.05, 0) is 60.6 Å². The number of benzene rings is 2. The van der Waals surface area contributed by atoms with Gasteiger partial charge in [-0.3, -0.25) is 4.79 Å². The zero-order valence-corrected chi connectivity index (χ0v) is 15.7. The van der Waals surface area contributed by atoms with Crippen LogP contribution < -0.4 is 5.32 Å². The van der Waals surface area contributed by atoms with Crippen molar-refractivity contribution in [1.29, 1.82) is 0 Å². The van der Waals surface area contributed by atoms with Crippen LogP contribution in [0.5, 0.6) is 0 Å². The van der Waals surface area contributed by atoms with Gasteiger partial charge < -0.3 is 5.32 Å². The van der Waals surface area contributed by atoms with Crippen molar-refractivity contribution in [2.24, 2.45) is 0 Å². The maximum absolute atomic E-state index is 13.7. The second kappa shape index (κ2) is 8.24. The fourth-order valence-corrected chi connectivity index (χ4v) is 4.10. The molecule has 1 amide bonds. The second-order valence-electron chi connectivity index (χ2n) is 6.40. The number of fused-ring (bicyclic) bond motifs is 1. The molecule has 2 aromatic carbocycles. The molecule has 25 heavy (non-hydrogen) atoms. The van der Waals surface area contributed by atoms with Gasteiger partial charge in [0.1, 0.15) is 5.82 Å². The summed E-state index contributed by atoms with van der Waals surface area (Å²) in [5, 5.41) is 3.40. The molecule has 2 nitrogen and oxygen atoms in total. The van der Waals surface area contributed by atoms with Gasteiger partial charge in [0.25, 0.3) is 0 Å². The van der Waals surface area contributed by atoms with E-state index < -0.39 is 0 Å². The fourth-order valence-electron chi connectivity index (χ4n) is 3.12. The number of aryl methyl sites for hydroxylation is 2. The van der Waals surface area contributed by atoms with Crippen LogP contribution in [0.4, 0.5) is 4.39 Å². The first-order chi connectivity index (χ1) is 12.0. The van der Waals surface area contributed by atoms with Crippen LogP contribution in [-0.4, -0.2) is 11.7 Å². The zero-order chi connectivity index (χ0) is 17.8. The van der Waals surface area contributed by atoms with Crippen LogP contribution in [0.15, 0.2) is 36.4 Å². The summed E-state index contributed by atoms with van der Waals surface area (Å²) in [6, 6.07) is 11.1. The summed E-state index contributed by atoms with van der Waals surface area (Å²) in [5.41, 5.74) is 4.55. The summed E-state index contributed by atoms with van der Waals surface area (Å²) in [7, 11) is 0. The van der Waals surface area contributed by atoms with Gasteiger partial charge in [0, 0.05) is 10.8 Å². The van der Waals surface area contributed by atoms with Crippen LogP contribution >= 0.6 is 23.4 Å². The molecule has 1 atom stereocenters. The van der Waals surface area contributed by atoms with Gasteiger partial charge in [-0.1, -0.05) is 35.9 Å². The van der Waals surface area contributed by atoms with E-state index in [-0.39, 0.29) is 17.8 Å². The van der Waals surface area contributed by atoms with E-state index in [9.17, 15) is 9.18 Å². The number of hydrogen-bond acceptors (Lipinski definition) is 2. The molecule has 1 unspecified atom stereocenters. The number of hydrogen-bond donors (Lipinski definition) is 1. The summed E-state index contributed by atoms with van der Waals surface area (Å²) in [6.45, 7) is 2.00. The molecule has 1 N–H and O–H groups in total. The molecule has 1 aliphatic carbocycles. The zero-order valence-electron chi connectivity index (χ0n) is 14.1. The molecule has 0 radical (unpaired) electrons. The second-order valence-corrected chi connectivity index (χ2v) is 7.82. The van der Waals surface area contributed by atoms with Crippen LogP contribution in [-0.2, 0) is 23.4 Å². The summed E-state index contributed by atoms with van der Waals surface area (Å²) in [6.07, 6.45) is 3.51. The van der Waals surface area contributed by atoms with E-state index in [0.29, 0.717) is 22.1 Å². The summed E-state index contributed by atoms with van der Waals surface area (Å²) in [4.78, 5) is 12.1. The number of amides is 1. The minimum atomic E-state index is -0.327. The lowest BCUT2D eigenvalue weighted by atomic mass is 10.0. The molecule has 5 heteroatoms. The molecule has 0 aromatic heterocycles. The molecular formula is C20H21ClFNOS. The molecule has 0 fully saturated rings. The number of nitrogens with one attached hydrogen (secondary N) is 1. The van der Waals surface area contributed by atoms with Crippen molar-refractivity contribution in [3.8, 4) is 0 Å². The number of rotatable bonds is 6. The van der Waals surface area contributed by atoms with Crippen molar-refractivity contribution in [2.75, 3.05) is 5.75 Å². The number of carbonyl (C=O) groups excluding carboxylic acids is 1. The predicted molar refractivity (Wildman–Crippen MR) is 103 cm³/mol. The number of thioether (sulfide) groups is 1. The van der Waals surface area contributed by atoms with Crippen molar-refractivity contribution in [3.05, 3.63) is 69.5 Å². The van der Waals surface area contributed by atoms with E-state index in [1.165, 1.54) is 35.4 Å². The Morgan fingerprint density at radius 1 is 1.24 bits per heavy atom. The van der Waals surface area contributed by atoms with E-state index in [1.54, 1.807) is 12.1 Å². The van der Waals surface area contributed by atoms with Crippen molar-refractivity contribution in [2.45, 2.75) is 38.0 Å². The maximum atomic E-state index is 13.7. The smallest absolute Gasteiger partial charge is 0.230 e. The van der Waals surface area contributed by atoms with E-state index in [1.807, 2.05) is 6.92 Å². The highest BCUT2D eigenvalue weighted by molar-refractivity contribution is 7.99. The Labute approximate surface area is 157 Å². The molecule has 1 aliphatic rings. The molecule has 0 spiro atoms. The van der Waals surface area contributed by atoms with E-state index >= 15 is 0 Å². The number of carbonyl (C=O) groups is 1. The minimum Gasteiger partial charge on any atom is -0.349 e. The fraction of sp³-hybridized carbons (Fsp3) is 0.350. The minimum absolute atomic E-state index is 0.0220. The molecule has 0 saturated carbocycles. The van der Waals surface area contributed by atoms with Crippen molar-refractivity contribution in [1.82, 2.24) is 5.32 Å². The van der Waals surface area contributed by atoms with Gasteiger partial charge in [0.05, 0.1) is 11.8 Å². The molecule has 0 heterocycles. The van der Waals surface area contributed by atoms with E-state index in [2.05, 4.69) is 23.5 Å². The van der Waals surface area contributed by atoms with Crippen molar-refractivity contribution in [3.63, 3.8) is 0 Å². The Balaban J connectivity index is 1.48. The SMILES string of the molecule is CC(NC(=O)CSCc1ccc(Cl)cc1F)c1ccc2c(c1)CCC2. The highest BCUT2D eigenvalue weighted by Crippen LogP contribution is 2.25. The first kappa shape index (κ1) is 18.3. The van der Waals surface area contributed by atoms with Crippen LogP contribution in [0.3, 0.4) is 0 Å². The van der Waals surface area contributed by atoms with Crippen molar-refractivity contribution >= 4 is 29.3 Å². The Bertz CT molecular complexity index is 780. The topological polar surface area (TPSA) is 29.1 Å². The highest BCUT2D eigenvalue weighted by Gasteiger charge is 2.15. The van der Waals surface area contributed by atoms with Gasteiger partial charge in [-0.15, -0.1) is 11.8 Å². The van der Waals surface area contributed by atoms with Gasteiger partial charge in [0.2, 0.25) is 5.91 Å². The lowest BCUT2D eigenvalue weighted by Crippen LogP contribution is -2.28. The normalized spacial score (nSPS) is 14.2. The van der Waals surface area contributed by atoms with Gasteiger partial charge in [0.15, 0.2) is 0 Å². The third-order valence-electron chi connectivity index (χ3n) is 4.51. The maximum Gasteiger partial charge on any atom is 0.230 e. The van der Waals surface area contributed by atoms with Crippen LogP contribution in [0.25, 0.3) is 0 Å². The quantitative estimate of drug-likeness (QED) is 0.760. The Hall–Kier alpha value is -1.52. The largest absolute Gasteiger partial charge is 0.349 e. The van der Waals surface area contributed by atoms with E-state index in [0.717, 1.165) is 18.4 Å². The van der Waals surface area contributed by atoms with Crippen molar-refractivity contribution < 1.29 is 9.18 Å². The van der Waals surface area contributed by atoms with Gasteiger partial charge >= 0.3 is 0 Å². The Morgan fingerprint density at radius 3 is 2.84 bits per heavy atom. The molecule has 2 aromatic rings. The monoisotopic (exact) mass is 377 g/mol. The first-order valence-corrected chi connectivity index (χ1v) is 9.99. The van der Waals surface area contributed by atoms with Gasteiger partial charge in [-0.2, -0.15) is 0 Å². The molecule has 3 rings (SSSR count). The molecule has 0 aliphatic heterocycles. The molecule has 0 bridgehead atoms. The van der Waals surface area contributed by atoms with Crippen LogP contribution in [0.1, 0.15) is 41.6 Å². The molecular weight excluding hydrogens is 357 g/mol. The summed E-state index contributed by atoms with van der Waals surface area (Å²) < 4.78 is 13.7. The summed E-state index contributed by atoms with van der Waals surface area (Å²) in [5.74, 6) is 0.389.